The molecule has 68 heavy (non-hydrogen) atoms. The maximum atomic E-state index is 12.7. The minimum Gasteiger partial charge on any atom is -0.457 e. The number of esters is 1. The molecule has 0 fully saturated rings. The fraction of sp³-hybridized carbons (Fsp3) is 0.644. The minimum atomic E-state index is -4.31. The molecule has 0 saturated heterocycles. The molecule has 0 aliphatic heterocycles. The van der Waals surface area contributed by atoms with Crippen LogP contribution in [-0.2, 0) is 27.9 Å². The van der Waals surface area contributed by atoms with Crippen LogP contribution in [0.4, 0.5) is 0 Å². The van der Waals surface area contributed by atoms with Crippen LogP contribution in [0.5, 0.6) is 0 Å². The van der Waals surface area contributed by atoms with Gasteiger partial charge < -0.3 is 20.1 Å². The van der Waals surface area contributed by atoms with Gasteiger partial charge in [-0.1, -0.05) is 212 Å². The molecule has 0 radical (unpaired) electrons. The van der Waals surface area contributed by atoms with Gasteiger partial charge in [0.25, 0.3) is 0 Å². The molecule has 2 atom stereocenters. The van der Waals surface area contributed by atoms with Crippen LogP contribution in [0.3, 0.4) is 0 Å². The van der Waals surface area contributed by atoms with Gasteiger partial charge in [0.15, 0.2) is 0 Å². The third-order valence-corrected chi connectivity index (χ3v) is 11.8. The zero-order chi connectivity index (χ0) is 49.4. The van der Waals surface area contributed by atoms with E-state index in [0.717, 1.165) is 89.9 Å². The number of rotatable bonds is 50. The number of carbonyl (C=O) groups is 1. The monoisotopic (exact) mass is 966 g/mol. The van der Waals surface area contributed by atoms with Crippen molar-refractivity contribution in [2.45, 2.75) is 213 Å². The summed E-state index contributed by atoms with van der Waals surface area (Å²) in [6.07, 6.45) is 76.6. The highest BCUT2D eigenvalue weighted by Crippen LogP contribution is 2.43. The topological polar surface area (TPSA) is 117 Å². The molecule has 0 bridgehead atoms. The molecule has 0 aromatic heterocycles. The third-order valence-electron chi connectivity index (χ3n) is 10.9. The highest BCUT2D eigenvalue weighted by atomic mass is 31.2. The number of phosphoric acid groups is 1. The Balaban J connectivity index is 4.06. The van der Waals surface area contributed by atoms with Crippen molar-refractivity contribution in [2.24, 2.45) is 5.73 Å². The van der Waals surface area contributed by atoms with E-state index in [9.17, 15) is 14.3 Å². The van der Waals surface area contributed by atoms with Gasteiger partial charge in [-0.15, -0.1) is 0 Å². The molecule has 0 aromatic carbocycles. The molecule has 0 saturated carbocycles. The molecule has 8 nitrogen and oxygen atoms in total. The second kappa shape index (κ2) is 54.8. The summed E-state index contributed by atoms with van der Waals surface area (Å²) in [5.41, 5.74) is 5.39. The molecule has 388 valence electrons. The van der Waals surface area contributed by atoms with E-state index in [0.29, 0.717) is 13.0 Å². The summed E-state index contributed by atoms with van der Waals surface area (Å²) in [6.45, 7) is 4.72. The molecule has 3 N–H and O–H groups in total. The van der Waals surface area contributed by atoms with Crippen molar-refractivity contribution >= 4 is 13.8 Å². The first-order valence-electron chi connectivity index (χ1n) is 27.0. The molecule has 0 aliphatic carbocycles. The van der Waals surface area contributed by atoms with Crippen LogP contribution in [0, 0.1) is 0 Å². The van der Waals surface area contributed by atoms with Gasteiger partial charge in [0.05, 0.1) is 19.8 Å². The molecule has 0 aliphatic rings. The van der Waals surface area contributed by atoms with Gasteiger partial charge in [-0.3, -0.25) is 13.8 Å². The van der Waals surface area contributed by atoms with Crippen LogP contribution in [0.1, 0.15) is 206 Å². The van der Waals surface area contributed by atoms with E-state index in [1.54, 1.807) is 0 Å². The Morgan fingerprint density at radius 1 is 0.456 bits per heavy atom. The zero-order valence-corrected chi connectivity index (χ0v) is 44.2. The molecule has 0 spiro atoms. The Morgan fingerprint density at radius 3 is 1.24 bits per heavy atom. The van der Waals surface area contributed by atoms with Gasteiger partial charge in [-0.05, 0) is 109 Å². The normalized spacial score (nSPS) is 14.2. The molecule has 0 heterocycles. The predicted molar refractivity (Wildman–Crippen MR) is 293 cm³/mol. The first-order chi connectivity index (χ1) is 33.4. The van der Waals surface area contributed by atoms with Crippen molar-refractivity contribution in [3.63, 3.8) is 0 Å². The highest BCUT2D eigenvalue weighted by molar-refractivity contribution is 7.47. The lowest BCUT2D eigenvalue weighted by Crippen LogP contribution is -2.28. The zero-order valence-electron chi connectivity index (χ0n) is 43.3. The highest BCUT2D eigenvalue weighted by Gasteiger charge is 2.25. The summed E-state index contributed by atoms with van der Waals surface area (Å²) >= 11 is 0. The predicted octanol–water partition coefficient (Wildman–Crippen LogP) is 17.3. The SMILES string of the molecule is CC/C=C\C/C=C\C/C=C\C/C=C\C/C=C\C/C=C\C/C=C\CCCCCC(=O)OC(COCCCCCCCCCCC/C=C\C/C=C\C/C=C\CCCCCCC)COP(=O)(O)OCCN. The van der Waals surface area contributed by atoms with Crippen molar-refractivity contribution in [2.75, 3.05) is 33.0 Å². The quantitative estimate of drug-likeness (QED) is 0.0268. The summed E-state index contributed by atoms with van der Waals surface area (Å²) in [6, 6.07) is 0. The first-order valence-corrected chi connectivity index (χ1v) is 28.5. The molecule has 2 unspecified atom stereocenters. The van der Waals surface area contributed by atoms with E-state index in [4.69, 9.17) is 24.3 Å². The van der Waals surface area contributed by atoms with Gasteiger partial charge in [0, 0.05) is 19.6 Å². The number of hydrogen-bond donors (Lipinski definition) is 2. The van der Waals surface area contributed by atoms with Crippen LogP contribution in [-0.4, -0.2) is 49.9 Å². The van der Waals surface area contributed by atoms with E-state index in [-0.39, 0.29) is 38.8 Å². The Kier molecular flexibility index (Phi) is 52.3. The standard InChI is InChI=1S/C59H100NO7P/c1-3-5-7-9-11-13-15-17-19-21-23-25-27-29-30-32-34-36-38-40-42-44-46-48-50-52-59(61)67-58(57-66-68(62,63)65-55-53-60)56-64-54-51-49-47-45-43-41-39-37-35-33-31-28-26-24-22-20-18-16-14-12-10-8-6-4-2/h5,7,11,13,16-19,22-25,28-31,34,36,40,42,58H,3-4,6,8-10,12,14-15,20-21,26-27,32-33,35,37-39,41,43-57,60H2,1-2H3,(H,62,63)/b7-5-,13-11-,18-16-,19-17-,24-22-,25-23-,30-29-,31-28-,36-34-,42-40-. The number of nitrogens with two attached hydrogens (primary N) is 1. The lowest BCUT2D eigenvalue weighted by atomic mass is 10.1. The number of unbranched alkanes of at least 4 members (excludes halogenated alkanes) is 17. The number of phosphoric ester groups is 1. The smallest absolute Gasteiger partial charge is 0.457 e. The molecular formula is C59H100NO7P. The second-order valence-corrected chi connectivity index (χ2v) is 18.8. The van der Waals surface area contributed by atoms with Gasteiger partial charge in [-0.25, -0.2) is 4.57 Å². The summed E-state index contributed by atoms with van der Waals surface area (Å²) in [4.78, 5) is 22.6. The van der Waals surface area contributed by atoms with Crippen molar-refractivity contribution in [1.82, 2.24) is 0 Å². The Labute approximate surface area is 417 Å². The van der Waals surface area contributed by atoms with Crippen LogP contribution in [0.15, 0.2) is 122 Å². The minimum absolute atomic E-state index is 0.0864. The maximum absolute atomic E-state index is 12.7. The number of allylic oxidation sites excluding steroid dienone is 20. The van der Waals surface area contributed by atoms with Crippen LogP contribution in [0.2, 0.25) is 0 Å². The number of ether oxygens (including phenoxy) is 2. The second-order valence-electron chi connectivity index (χ2n) is 17.4. The first kappa shape index (κ1) is 64.9. The van der Waals surface area contributed by atoms with E-state index < -0.39 is 13.9 Å². The molecular weight excluding hydrogens is 866 g/mol. The summed E-state index contributed by atoms with van der Waals surface area (Å²) in [5.74, 6) is -0.368. The van der Waals surface area contributed by atoms with Gasteiger partial charge in [0.2, 0.25) is 0 Å². The fourth-order valence-corrected chi connectivity index (χ4v) is 7.69. The van der Waals surface area contributed by atoms with Crippen molar-refractivity contribution in [3.8, 4) is 0 Å². The molecule has 0 aromatic rings. The van der Waals surface area contributed by atoms with Crippen molar-refractivity contribution in [3.05, 3.63) is 122 Å². The largest absolute Gasteiger partial charge is 0.472 e. The van der Waals surface area contributed by atoms with E-state index in [1.165, 1.54) is 89.9 Å². The van der Waals surface area contributed by atoms with E-state index in [2.05, 4.69) is 135 Å². The lowest BCUT2D eigenvalue weighted by molar-refractivity contribution is -0.154. The summed E-state index contributed by atoms with van der Waals surface area (Å²) < 4.78 is 33.6. The van der Waals surface area contributed by atoms with Crippen LogP contribution >= 0.6 is 7.82 Å². The molecule has 0 rings (SSSR count). The van der Waals surface area contributed by atoms with Crippen molar-refractivity contribution < 1.29 is 32.8 Å². The molecule has 9 heteroatoms. The van der Waals surface area contributed by atoms with Crippen LogP contribution in [0.25, 0.3) is 0 Å². The van der Waals surface area contributed by atoms with Crippen molar-refractivity contribution in [1.29, 1.82) is 0 Å². The Morgan fingerprint density at radius 2 is 0.824 bits per heavy atom. The lowest BCUT2D eigenvalue weighted by Gasteiger charge is -2.20. The van der Waals surface area contributed by atoms with E-state index in [1.807, 2.05) is 0 Å². The number of hydrogen-bond acceptors (Lipinski definition) is 7. The summed E-state index contributed by atoms with van der Waals surface area (Å²) in [5, 5.41) is 0. The van der Waals surface area contributed by atoms with E-state index >= 15 is 0 Å². The molecule has 0 amide bonds. The number of carbonyl (C=O) groups excluding carboxylic acids is 1. The Hall–Kier alpha value is -3.10. The third kappa shape index (κ3) is 53.8. The van der Waals surface area contributed by atoms with Crippen LogP contribution < -0.4 is 5.73 Å². The van der Waals surface area contributed by atoms with Gasteiger partial charge in [-0.2, -0.15) is 0 Å². The Bertz CT molecular complexity index is 1460. The average Bonchev–Trinajstić information content (AvgIpc) is 3.33. The fourth-order valence-electron chi connectivity index (χ4n) is 6.92. The van der Waals surface area contributed by atoms with Gasteiger partial charge in [0.1, 0.15) is 6.10 Å². The maximum Gasteiger partial charge on any atom is 0.472 e. The summed E-state index contributed by atoms with van der Waals surface area (Å²) in [7, 11) is -4.31. The average molecular weight is 966 g/mol. The van der Waals surface area contributed by atoms with Gasteiger partial charge >= 0.3 is 13.8 Å².